The first-order chi connectivity index (χ1) is 14.3. The van der Waals surface area contributed by atoms with Crippen molar-refractivity contribution in [3.63, 3.8) is 0 Å². The highest BCUT2D eigenvalue weighted by molar-refractivity contribution is 5.88. The van der Waals surface area contributed by atoms with E-state index in [0.29, 0.717) is 18.7 Å². The van der Waals surface area contributed by atoms with Crippen molar-refractivity contribution in [2.75, 3.05) is 13.7 Å². The Bertz CT molecular complexity index is 833. The van der Waals surface area contributed by atoms with Gasteiger partial charge in [0.1, 0.15) is 17.5 Å². The van der Waals surface area contributed by atoms with Crippen LogP contribution in [0.5, 0.6) is 11.5 Å². The standard InChI is InChI=1S/C24H32N2O4/c1-6-22(24(28)25-17(2)3)26(15-19-10-12-20(29-5)13-11-19)23(27)16-30-21-9-7-8-18(4)14-21/h7-14,17,22H,6,15-16H2,1-5H3,(H,25,28)/t22-/m1/s1. The lowest BCUT2D eigenvalue weighted by Crippen LogP contribution is -2.51. The number of nitrogens with zero attached hydrogens (tertiary/aromatic N) is 1. The van der Waals surface area contributed by atoms with Gasteiger partial charge < -0.3 is 19.7 Å². The summed E-state index contributed by atoms with van der Waals surface area (Å²) in [5, 5.41) is 2.92. The number of hydrogen-bond acceptors (Lipinski definition) is 4. The Balaban J connectivity index is 2.20. The van der Waals surface area contributed by atoms with Gasteiger partial charge in [0.2, 0.25) is 5.91 Å². The molecule has 0 heterocycles. The molecule has 2 rings (SSSR count). The summed E-state index contributed by atoms with van der Waals surface area (Å²) in [4.78, 5) is 27.5. The molecule has 0 saturated carbocycles. The number of nitrogens with one attached hydrogen (secondary N) is 1. The number of aryl methyl sites for hydroxylation is 1. The number of rotatable bonds is 10. The first-order valence-electron chi connectivity index (χ1n) is 10.3. The molecule has 0 fully saturated rings. The van der Waals surface area contributed by atoms with Crippen LogP contribution in [0.25, 0.3) is 0 Å². The number of carbonyl (C=O) groups excluding carboxylic acids is 2. The van der Waals surface area contributed by atoms with E-state index in [1.807, 2.05) is 76.2 Å². The first-order valence-corrected chi connectivity index (χ1v) is 10.3. The second-order valence-electron chi connectivity index (χ2n) is 7.56. The molecule has 6 heteroatoms. The van der Waals surface area contributed by atoms with Gasteiger partial charge in [-0.15, -0.1) is 0 Å². The zero-order valence-corrected chi connectivity index (χ0v) is 18.5. The predicted molar refractivity (Wildman–Crippen MR) is 118 cm³/mol. The molecule has 0 bridgehead atoms. The second kappa shape index (κ2) is 11.2. The Morgan fingerprint density at radius 1 is 1.07 bits per heavy atom. The molecule has 0 spiro atoms. The number of benzene rings is 2. The van der Waals surface area contributed by atoms with Gasteiger partial charge in [0.15, 0.2) is 6.61 Å². The van der Waals surface area contributed by atoms with E-state index in [2.05, 4.69) is 5.32 Å². The fraction of sp³-hybridized carbons (Fsp3) is 0.417. The molecule has 6 nitrogen and oxygen atoms in total. The van der Waals surface area contributed by atoms with E-state index >= 15 is 0 Å². The quantitative estimate of drug-likeness (QED) is 0.646. The highest BCUT2D eigenvalue weighted by atomic mass is 16.5. The molecule has 2 aromatic rings. The number of methoxy groups -OCH3 is 1. The zero-order chi connectivity index (χ0) is 22.1. The molecule has 0 unspecified atom stereocenters. The van der Waals surface area contributed by atoms with Gasteiger partial charge in [0.05, 0.1) is 7.11 Å². The summed E-state index contributed by atoms with van der Waals surface area (Å²) >= 11 is 0. The van der Waals surface area contributed by atoms with Crippen LogP contribution < -0.4 is 14.8 Å². The summed E-state index contributed by atoms with van der Waals surface area (Å²) < 4.78 is 10.9. The molecular weight excluding hydrogens is 380 g/mol. The van der Waals surface area contributed by atoms with Crippen LogP contribution in [0.4, 0.5) is 0 Å². The van der Waals surface area contributed by atoms with Crippen LogP contribution in [0.3, 0.4) is 0 Å². The lowest BCUT2D eigenvalue weighted by Gasteiger charge is -2.31. The van der Waals surface area contributed by atoms with Gasteiger partial charge in [-0.2, -0.15) is 0 Å². The molecule has 0 radical (unpaired) electrons. The molecule has 0 aromatic heterocycles. The fourth-order valence-corrected chi connectivity index (χ4v) is 3.16. The van der Waals surface area contributed by atoms with E-state index < -0.39 is 6.04 Å². The van der Waals surface area contributed by atoms with Crippen molar-refractivity contribution in [1.29, 1.82) is 0 Å². The van der Waals surface area contributed by atoms with Crippen molar-refractivity contribution in [3.8, 4) is 11.5 Å². The average Bonchev–Trinajstić information content (AvgIpc) is 2.72. The summed E-state index contributed by atoms with van der Waals surface area (Å²) in [7, 11) is 1.61. The van der Waals surface area contributed by atoms with E-state index in [9.17, 15) is 9.59 Å². The Labute approximate surface area is 179 Å². The monoisotopic (exact) mass is 412 g/mol. The Morgan fingerprint density at radius 2 is 1.77 bits per heavy atom. The average molecular weight is 413 g/mol. The third-order valence-corrected chi connectivity index (χ3v) is 4.68. The zero-order valence-electron chi connectivity index (χ0n) is 18.5. The SMILES string of the molecule is CC[C@H](C(=O)NC(C)C)N(Cc1ccc(OC)cc1)C(=O)COc1cccc(C)c1. The molecule has 1 N–H and O–H groups in total. The smallest absolute Gasteiger partial charge is 0.261 e. The third kappa shape index (κ3) is 6.79. The predicted octanol–water partition coefficient (Wildman–Crippen LogP) is 3.71. The fourth-order valence-electron chi connectivity index (χ4n) is 3.16. The van der Waals surface area contributed by atoms with Crippen molar-refractivity contribution in [2.24, 2.45) is 0 Å². The van der Waals surface area contributed by atoms with Crippen molar-refractivity contribution < 1.29 is 19.1 Å². The maximum atomic E-state index is 13.1. The van der Waals surface area contributed by atoms with Crippen molar-refractivity contribution in [3.05, 3.63) is 59.7 Å². The molecule has 0 saturated heterocycles. The van der Waals surface area contributed by atoms with E-state index in [1.165, 1.54) is 0 Å². The largest absolute Gasteiger partial charge is 0.497 e. The molecule has 2 amide bonds. The Kier molecular flexibility index (Phi) is 8.71. The maximum absolute atomic E-state index is 13.1. The van der Waals surface area contributed by atoms with E-state index in [-0.39, 0.29) is 24.5 Å². The number of carbonyl (C=O) groups is 2. The van der Waals surface area contributed by atoms with Crippen molar-refractivity contribution in [1.82, 2.24) is 10.2 Å². The molecule has 2 aromatic carbocycles. The molecule has 0 aliphatic heterocycles. The Hall–Kier alpha value is -3.02. The molecular formula is C24H32N2O4. The van der Waals surface area contributed by atoms with Gasteiger partial charge in [0.25, 0.3) is 5.91 Å². The summed E-state index contributed by atoms with van der Waals surface area (Å²) in [5.74, 6) is 0.972. The van der Waals surface area contributed by atoms with Gasteiger partial charge in [-0.05, 0) is 62.6 Å². The Morgan fingerprint density at radius 3 is 2.33 bits per heavy atom. The topological polar surface area (TPSA) is 67.9 Å². The van der Waals surface area contributed by atoms with E-state index in [0.717, 1.165) is 16.9 Å². The number of ether oxygens (including phenoxy) is 2. The van der Waals surface area contributed by atoms with Crippen LogP contribution >= 0.6 is 0 Å². The lowest BCUT2D eigenvalue weighted by molar-refractivity contribution is -0.143. The van der Waals surface area contributed by atoms with E-state index in [1.54, 1.807) is 12.0 Å². The van der Waals surface area contributed by atoms with Crippen LogP contribution in [0, 0.1) is 6.92 Å². The van der Waals surface area contributed by atoms with Crippen LogP contribution in [0.1, 0.15) is 38.3 Å². The summed E-state index contributed by atoms with van der Waals surface area (Å²) in [6, 6.07) is 14.4. The molecule has 0 aliphatic carbocycles. The minimum Gasteiger partial charge on any atom is -0.497 e. The minimum atomic E-state index is -0.580. The van der Waals surface area contributed by atoms with Crippen LogP contribution in [-0.4, -0.2) is 42.5 Å². The summed E-state index contributed by atoms with van der Waals surface area (Å²) in [6.07, 6.45) is 0.505. The van der Waals surface area contributed by atoms with E-state index in [4.69, 9.17) is 9.47 Å². The molecule has 30 heavy (non-hydrogen) atoms. The minimum absolute atomic E-state index is 0.00645. The third-order valence-electron chi connectivity index (χ3n) is 4.68. The molecule has 1 atom stereocenters. The van der Waals surface area contributed by atoms with Crippen LogP contribution in [0.15, 0.2) is 48.5 Å². The van der Waals surface area contributed by atoms with Gasteiger partial charge in [-0.1, -0.05) is 31.2 Å². The lowest BCUT2D eigenvalue weighted by atomic mass is 10.1. The van der Waals surface area contributed by atoms with Crippen molar-refractivity contribution in [2.45, 2.75) is 52.7 Å². The summed E-state index contributed by atoms with van der Waals surface area (Å²) in [5.41, 5.74) is 1.97. The second-order valence-corrected chi connectivity index (χ2v) is 7.56. The van der Waals surface area contributed by atoms with Gasteiger partial charge in [-0.25, -0.2) is 0 Å². The summed E-state index contributed by atoms with van der Waals surface area (Å²) in [6.45, 7) is 7.85. The maximum Gasteiger partial charge on any atom is 0.261 e. The number of amides is 2. The van der Waals surface area contributed by atoms with Gasteiger partial charge in [-0.3, -0.25) is 9.59 Å². The van der Waals surface area contributed by atoms with Crippen LogP contribution in [0.2, 0.25) is 0 Å². The van der Waals surface area contributed by atoms with Gasteiger partial charge >= 0.3 is 0 Å². The van der Waals surface area contributed by atoms with Crippen LogP contribution in [-0.2, 0) is 16.1 Å². The first kappa shape index (κ1) is 23.3. The number of hydrogen-bond donors (Lipinski definition) is 1. The highest BCUT2D eigenvalue weighted by Crippen LogP contribution is 2.17. The molecule has 0 aliphatic rings. The molecule has 162 valence electrons. The normalized spacial score (nSPS) is 11.7. The van der Waals surface area contributed by atoms with Crippen molar-refractivity contribution >= 4 is 11.8 Å². The van der Waals surface area contributed by atoms with Gasteiger partial charge in [0, 0.05) is 12.6 Å². The highest BCUT2D eigenvalue weighted by Gasteiger charge is 2.29.